The molecule has 6 unspecified atom stereocenters. The van der Waals surface area contributed by atoms with Gasteiger partial charge in [-0.05, 0) is 66.5 Å². The van der Waals surface area contributed by atoms with Crippen molar-refractivity contribution in [1.82, 2.24) is 0 Å². The second-order valence-corrected chi connectivity index (χ2v) is 8.88. The maximum absolute atomic E-state index is 13.2. The summed E-state index contributed by atoms with van der Waals surface area (Å²) in [5, 5.41) is 0. The van der Waals surface area contributed by atoms with Crippen LogP contribution < -0.4 is 9.64 Å². The third-order valence-corrected chi connectivity index (χ3v) is 7.27. The molecule has 0 spiro atoms. The van der Waals surface area contributed by atoms with Gasteiger partial charge >= 0.3 is 0 Å². The Morgan fingerprint density at radius 2 is 1.61 bits per heavy atom. The number of allylic oxidation sites excluding steroid dienone is 2. The zero-order valence-corrected chi connectivity index (χ0v) is 16.6. The minimum atomic E-state index is -0.411. The van der Waals surface area contributed by atoms with Crippen LogP contribution in [0.4, 0.5) is 10.1 Å². The Hall–Kier alpha value is -3.28. The van der Waals surface area contributed by atoms with E-state index in [-0.39, 0.29) is 47.9 Å². The fourth-order valence-electron chi connectivity index (χ4n) is 5.79. The molecule has 2 amide bonds. The third kappa shape index (κ3) is 2.77. The summed E-state index contributed by atoms with van der Waals surface area (Å²) >= 11 is 0. The van der Waals surface area contributed by atoms with Crippen LogP contribution in [-0.2, 0) is 9.59 Å². The van der Waals surface area contributed by atoms with E-state index in [1.165, 1.54) is 29.2 Å². The van der Waals surface area contributed by atoms with Crippen molar-refractivity contribution in [1.29, 1.82) is 0 Å². The first-order valence-electron chi connectivity index (χ1n) is 10.6. The summed E-state index contributed by atoms with van der Waals surface area (Å²) in [6.45, 7) is -0.223. The number of Topliss-reactive ketones (excluding diaryl/α,β-unsaturated/α-hetero) is 1. The summed E-state index contributed by atoms with van der Waals surface area (Å²) in [5.74, 6) is 0.402. The molecule has 2 saturated carbocycles. The lowest BCUT2D eigenvalue weighted by Crippen LogP contribution is -2.40. The summed E-state index contributed by atoms with van der Waals surface area (Å²) in [5.41, 5.74) is 0.831. The molecule has 0 N–H and O–H groups in total. The highest BCUT2D eigenvalue weighted by Gasteiger charge is 2.67. The van der Waals surface area contributed by atoms with Gasteiger partial charge in [0.25, 0.3) is 0 Å². The van der Waals surface area contributed by atoms with E-state index in [1.807, 2.05) is 0 Å². The topological polar surface area (TPSA) is 63.7 Å². The van der Waals surface area contributed by atoms with Gasteiger partial charge in [0.2, 0.25) is 11.8 Å². The number of halogens is 1. The Balaban J connectivity index is 1.20. The molecular weight excluding hydrogens is 397 g/mol. The first-order chi connectivity index (χ1) is 15.0. The van der Waals surface area contributed by atoms with Crippen molar-refractivity contribution in [3.8, 4) is 5.75 Å². The first kappa shape index (κ1) is 18.5. The van der Waals surface area contributed by atoms with Crippen molar-refractivity contribution in [2.45, 2.75) is 6.42 Å². The zero-order chi connectivity index (χ0) is 21.3. The van der Waals surface area contributed by atoms with Crippen molar-refractivity contribution in [2.24, 2.45) is 35.5 Å². The van der Waals surface area contributed by atoms with Crippen LogP contribution >= 0.6 is 0 Å². The number of carbonyl (C=O) groups is 3. The van der Waals surface area contributed by atoms with E-state index >= 15 is 0 Å². The Morgan fingerprint density at radius 3 is 2.26 bits per heavy atom. The Morgan fingerprint density at radius 1 is 0.968 bits per heavy atom. The number of benzene rings is 2. The van der Waals surface area contributed by atoms with Gasteiger partial charge in [-0.2, -0.15) is 0 Å². The molecule has 5 aliphatic rings. The van der Waals surface area contributed by atoms with Crippen LogP contribution in [0.2, 0.25) is 0 Å². The van der Waals surface area contributed by atoms with Gasteiger partial charge < -0.3 is 4.74 Å². The molecule has 7 rings (SSSR count). The number of nitrogens with zero attached hydrogens (tertiary/aromatic N) is 1. The molecule has 2 aromatic carbocycles. The van der Waals surface area contributed by atoms with E-state index in [9.17, 15) is 18.8 Å². The zero-order valence-electron chi connectivity index (χ0n) is 16.6. The van der Waals surface area contributed by atoms with E-state index in [0.29, 0.717) is 28.8 Å². The van der Waals surface area contributed by atoms with Crippen molar-refractivity contribution in [3.05, 3.63) is 72.1 Å². The molecule has 4 aliphatic carbocycles. The van der Waals surface area contributed by atoms with Gasteiger partial charge in [-0.25, -0.2) is 9.29 Å². The summed E-state index contributed by atoms with van der Waals surface area (Å²) < 4.78 is 18.7. The smallest absolute Gasteiger partial charge is 0.238 e. The Labute approximate surface area is 178 Å². The monoisotopic (exact) mass is 417 g/mol. The van der Waals surface area contributed by atoms with Crippen LogP contribution in [0.3, 0.4) is 0 Å². The maximum atomic E-state index is 13.2. The minimum absolute atomic E-state index is 0.126. The molecule has 6 heteroatoms. The molecule has 2 bridgehead atoms. The van der Waals surface area contributed by atoms with Gasteiger partial charge in [0.1, 0.15) is 11.6 Å². The number of anilines is 1. The fraction of sp³-hybridized carbons (Fsp3) is 0.320. The van der Waals surface area contributed by atoms with E-state index in [2.05, 4.69) is 12.2 Å². The van der Waals surface area contributed by atoms with E-state index < -0.39 is 5.82 Å². The van der Waals surface area contributed by atoms with Crippen molar-refractivity contribution in [2.75, 3.05) is 11.5 Å². The molecule has 6 atom stereocenters. The van der Waals surface area contributed by atoms with Crippen LogP contribution in [0.25, 0.3) is 0 Å². The first-order valence-corrected chi connectivity index (χ1v) is 10.6. The minimum Gasteiger partial charge on any atom is -0.485 e. The van der Waals surface area contributed by atoms with Gasteiger partial charge in [0.05, 0.1) is 17.5 Å². The molecule has 3 fully saturated rings. The highest BCUT2D eigenvalue weighted by atomic mass is 19.1. The van der Waals surface area contributed by atoms with Crippen LogP contribution in [0.1, 0.15) is 16.8 Å². The predicted octanol–water partition coefficient (Wildman–Crippen LogP) is 3.64. The average molecular weight is 417 g/mol. The number of ether oxygens (including phenoxy) is 1. The molecule has 31 heavy (non-hydrogen) atoms. The Bertz CT molecular complexity index is 1100. The fourth-order valence-corrected chi connectivity index (χ4v) is 5.79. The predicted molar refractivity (Wildman–Crippen MR) is 110 cm³/mol. The van der Waals surface area contributed by atoms with Gasteiger partial charge in [-0.1, -0.05) is 18.2 Å². The van der Waals surface area contributed by atoms with Gasteiger partial charge in [0, 0.05) is 11.6 Å². The second-order valence-electron chi connectivity index (χ2n) is 8.88. The van der Waals surface area contributed by atoms with E-state index in [1.54, 1.807) is 24.3 Å². The van der Waals surface area contributed by atoms with Crippen molar-refractivity contribution >= 4 is 23.3 Å². The SMILES string of the molecule is O=C(COc1cccc(N2C(=O)C3C4C=CC(C5CC45)C3C2=O)c1)c1ccc(F)cc1. The molecular formula is C25H20FNO4. The van der Waals surface area contributed by atoms with Gasteiger partial charge in [-0.15, -0.1) is 0 Å². The number of amides is 2. The number of ketones is 1. The van der Waals surface area contributed by atoms with E-state index in [0.717, 1.165) is 6.42 Å². The summed E-state index contributed by atoms with van der Waals surface area (Å²) in [6.07, 6.45) is 5.42. The summed E-state index contributed by atoms with van der Waals surface area (Å²) in [7, 11) is 0. The number of rotatable bonds is 5. The molecule has 156 valence electrons. The Kier molecular flexibility index (Phi) is 3.94. The van der Waals surface area contributed by atoms with Crippen LogP contribution in [0.15, 0.2) is 60.7 Å². The van der Waals surface area contributed by atoms with Gasteiger partial charge in [0.15, 0.2) is 12.4 Å². The lowest BCUT2D eigenvalue weighted by atomic mass is 9.63. The van der Waals surface area contributed by atoms with Crippen LogP contribution in [-0.4, -0.2) is 24.2 Å². The molecule has 5 nitrogen and oxygen atoms in total. The normalized spacial score (nSPS) is 32.1. The molecule has 1 saturated heterocycles. The standard InChI is InChI=1S/C25H20FNO4/c26-14-6-4-13(5-7-14)21(28)12-31-16-3-1-2-15(10-16)27-24(29)22-17-8-9-18(20-11-19(17)20)23(22)25(27)30/h1-10,17-20,22-23H,11-12H2. The largest absolute Gasteiger partial charge is 0.485 e. The van der Waals surface area contributed by atoms with Gasteiger partial charge in [-0.3, -0.25) is 14.4 Å². The number of carbonyl (C=O) groups excluding carboxylic acids is 3. The third-order valence-electron chi connectivity index (χ3n) is 7.27. The van der Waals surface area contributed by atoms with E-state index in [4.69, 9.17) is 4.74 Å². The molecule has 1 heterocycles. The second kappa shape index (κ2) is 6.61. The quantitative estimate of drug-likeness (QED) is 0.423. The lowest BCUT2D eigenvalue weighted by molar-refractivity contribution is -0.124. The van der Waals surface area contributed by atoms with Crippen LogP contribution in [0.5, 0.6) is 5.75 Å². The molecule has 2 aromatic rings. The molecule has 1 aliphatic heterocycles. The molecule has 0 radical (unpaired) electrons. The number of hydrogen-bond donors (Lipinski definition) is 0. The number of hydrogen-bond acceptors (Lipinski definition) is 4. The summed E-state index contributed by atoms with van der Waals surface area (Å²) in [6, 6.07) is 12.0. The number of imide groups is 1. The van der Waals surface area contributed by atoms with Crippen LogP contribution in [0, 0.1) is 41.3 Å². The maximum Gasteiger partial charge on any atom is 0.238 e. The molecule has 0 aromatic heterocycles. The van der Waals surface area contributed by atoms with Crippen molar-refractivity contribution in [3.63, 3.8) is 0 Å². The summed E-state index contributed by atoms with van der Waals surface area (Å²) in [4.78, 5) is 40.1. The highest BCUT2D eigenvalue weighted by Crippen LogP contribution is 2.65. The average Bonchev–Trinajstić information content (AvgIpc) is 3.56. The highest BCUT2D eigenvalue weighted by molar-refractivity contribution is 6.22. The van der Waals surface area contributed by atoms with Crippen molar-refractivity contribution < 1.29 is 23.5 Å². The lowest BCUT2D eigenvalue weighted by Gasteiger charge is -2.37.